The van der Waals surface area contributed by atoms with E-state index in [2.05, 4.69) is 10.6 Å². The van der Waals surface area contributed by atoms with E-state index in [-0.39, 0.29) is 17.4 Å². The van der Waals surface area contributed by atoms with Gasteiger partial charge in [0.2, 0.25) is 11.8 Å². The van der Waals surface area contributed by atoms with Gasteiger partial charge in [0.1, 0.15) is 17.7 Å². The number of amides is 2. The van der Waals surface area contributed by atoms with E-state index in [9.17, 15) is 18.4 Å². The zero-order valence-corrected chi connectivity index (χ0v) is 15.6. The number of para-hydroxylation sites is 1. The van der Waals surface area contributed by atoms with Crippen molar-refractivity contribution >= 4 is 17.5 Å². The number of hydrogen-bond acceptors (Lipinski definition) is 3. The third-order valence-corrected chi connectivity index (χ3v) is 4.88. The largest absolute Gasteiger partial charge is 0.343 e. The van der Waals surface area contributed by atoms with Gasteiger partial charge >= 0.3 is 0 Å². The van der Waals surface area contributed by atoms with Crippen molar-refractivity contribution in [3.63, 3.8) is 0 Å². The highest BCUT2D eigenvalue weighted by Gasteiger charge is 2.32. The van der Waals surface area contributed by atoms with E-state index in [0.29, 0.717) is 25.1 Å². The SMILES string of the molecule is CC(NC(=O)C1CCCN1Cc1ccccc1F)C(=O)Nc1ccccc1F. The van der Waals surface area contributed by atoms with Crippen LogP contribution >= 0.6 is 0 Å². The summed E-state index contributed by atoms with van der Waals surface area (Å²) in [6, 6.07) is 11.1. The van der Waals surface area contributed by atoms with Gasteiger partial charge in [-0.3, -0.25) is 14.5 Å². The number of halogens is 2. The van der Waals surface area contributed by atoms with E-state index in [1.54, 1.807) is 31.2 Å². The average molecular weight is 387 g/mol. The van der Waals surface area contributed by atoms with E-state index in [1.807, 2.05) is 4.90 Å². The van der Waals surface area contributed by atoms with E-state index in [0.717, 1.165) is 6.42 Å². The Morgan fingerprint density at radius 3 is 2.50 bits per heavy atom. The van der Waals surface area contributed by atoms with E-state index >= 15 is 0 Å². The van der Waals surface area contributed by atoms with Gasteiger partial charge in [0.25, 0.3) is 0 Å². The predicted octanol–water partition coefficient (Wildman–Crippen LogP) is 3.07. The van der Waals surface area contributed by atoms with Gasteiger partial charge in [-0.15, -0.1) is 0 Å². The third-order valence-electron chi connectivity index (χ3n) is 4.88. The third kappa shape index (κ3) is 4.72. The molecule has 0 aliphatic carbocycles. The van der Waals surface area contributed by atoms with Crippen LogP contribution < -0.4 is 10.6 Å². The lowest BCUT2D eigenvalue weighted by Gasteiger charge is -2.25. The minimum absolute atomic E-state index is 0.0654. The molecular formula is C21H23F2N3O2. The molecule has 0 bridgehead atoms. The first-order valence-electron chi connectivity index (χ1n) is 9.29. The minimum Gasteiger partial charge on any atom is -0.343 e. The Kier molecular flexibility index (Phi) is 6.36. The fourth-order valence-electron chi connectivity index (χ4n) is 3.34. The highest BCUT2D eigenvalue weighted by atomic mass is 19.1. The van der Waals surface area contributed by atoms with Crippen molar-refractivity contribution in [2.24, 2.45) is 0 Å². The van der Waals surface area contributed by atoms with Crippen LogP contribution in [0.25, 0.3) is 0 Å². The summed E-state index contributed by atoms with van der Waals surface area (Å²) in [6.45, 7) is 2.56. The summed E-state index contributed by atoms with van der Waals surface area (Å²) in [7, 11) is 0. The molecule has 1 aliphatic rings. The number of nitrogens with zero attached hydrogens (tertiary/aromatic N) is 1. The van der Waals surface area contributed by atoms with Crippen LogP contribution in [0.1, 0.15) is 25.3 Å². The summed E-state index contributed by atoms with van der Waals surface area (Å²) in [5.41, 5.74) is 0.600. The summed E-state index contributed by atoms with van der Waals surface area (Å²) in [5, 5.41) is 5.16. The zero-order valence-electron chi connectivity index (χ0n) is 15.6. The van der Waals surface area contributed by atoms with Crippen LogP contribution in [0.3, 0.4) is 0 Å². The van der Waals surface area contributed by atoms with Gasteiger partial charge in [-0.2, -0.15) is 0 Å². The van der Waals surface area contributed by atoms with Gasteiger partial charge in [-0.1, -0.05) is 30.3 Å². The Balaban J connectivity index is 1.59. The second-order valence-electron chi connectivity index (χ2n) is 6.92. The summed E-state index contributed by atoms with van der Waals surface area (Å²) in [6.07, 6.45) is 1.46. The molecule has 3 rings (SSSR count). The fraction of sp³-hybridized carbons (Fsp3) is 0.333. The molecule has 0 saturated carbocycles. The van der Waals surface area contributed by atoms with Crippen LogP contribution in [0.4, 0.5) is 14.5 Å². The molecule has 5 nitrogen and oxygen atoms in total. The Morgan fingerprint density at radius 1 is 1.11 bits per heavy atom. The number of nitrogens with one attached hydrogen (secondary N) is 2. The lowest BCUT2D eigenvalue weighted by atomic mass is 10.1. The smallest absolute Gasteiger partial charge is 0.246 e. The summed E-state index contributed by atoms with van der Waals surface area (Å²) in [4.78, 5) is 26.9. The molecule has 2 aromatic carbocycles. The van der Waals surface area contributed by atoms with Crippen molar-refractivity contribution in [1.29, 1.82) is 0 Å². The molecule has 0 spiro atoms. The second-order valence-corrected chi connectivity index (χ2v) is 6.92. The molecule has 1 aliphatic heterocycles. The summed E-state index contributed by atoms with van der Waals surface area (Å²) >= 11 is 0. The summed E-state index contributed by atoms with van der Waals surface area (Å²) < 4.78 is 27.6. The number of hydrogen-bond donors (Lipinski definition) is 2. The van der Waals surface area contributed by atoms with Crippen LogP contribution in [-0.2, 0) is 16.1 Å². The number of likely N-dealkylation sites (tertiary alicyclic amines) is 1. The number of benzene rings is 2. The topological polar surface area (TPSA) is 61.4 Å². The highest BCUT2D eigenvalue weighted by molar-refractivity contribution is 5.97. The van der Waals surface area contributed by atoms with Crippen LogP contribution in [0.15, 0.2) is 48.5 Å². The van der Waals surface area contributed by atoms with Crippen molar-refractivity contribution in [3.05, 3.63) is 65.7 Å². The highest BCUT2D eigenvalue weighted by Crippen LogP contribution is 2.21. The van der Waals surface area contributed by atoms with Gasteiger partial charge in [-0.05, 0) is 44.5 Å². The normalized spacial score (nSPS) is 17.9. The van der Waals surface area contributed by atoms with E-state index < -0.39 is 23.8 Å². The molecule has 0 radical (unpaired) electrons. The number of anilines is 1. The molecule has 28 heavy (non-hydrogen) atoms. The molecule has 2 aromatic rings. The maximum atomic E-state index is 13.9. The van der Waals surface area contributed by atoms with Gasteiger partial charge in [0, 0.05) is 12.1 Å². The monoisotopic (exact) mass is 387 g/mol. The Hall–Kier alpha value is -2.80. The minimum atomic E-state index is -0.831. The molecule has 7 heteroatoms. The summed E-state index contributed by atoms with van der Waals surface area (Å²) in [5.74, 6) is -1.63. The molecule has 1 saturated heterocycles. The predicted molar refractivity (Wildman–Crippen MR) is 102 cm³/mol. The maximum Gasteiger partial charge on any atom is 0.246 e. The Bertz CT molecular complexity index is 859. The standard InChI is InChI=1S/C21H23F2N3O2/c1-14(20(27)25-18-10-5-4-9-17(18)23)24-21(28)19-11-6-12-26(19)13-15-7-2-3-8-16(15)22/h2-5,7-10,14,19H,6,11-13H2,1H3,(H,24,28)(H,25,27). The molecule has 2 N–H and O–H groups in total. The average Bonchev–Trinajstić information content (AvgIpc) is 3.13. The van der Waals surface area contributed by atoms with Crippen LogP contribution in [-0.4, -0.2) is 35.3 Å². The zero-order chi connectivity index (χ0) is 20.1. The van der Waals surface area contributed by atoms with Crippen molar-refractivity contribution in [1.82, 2.24) is 10.2 Å². The number of carbonyl (C=O) groups excluding carboxylic acids is 2. The van der Waals surface area contributed by atoms with Gasteiger partial charge in [0.15, 0.2) is 0 Å². The van der Waals surface area contributed by atoms with Crippen molar-refractivity contribution < 1.29 is 18.4 Å². The first-order valence-corrected chi connectivity index (χ1v) is 9.29. The Labute approximate surface area is 162 Å². The molecule has 1 heterocycles. The van der Waals surface area contributed by atoms with Gasteiger partial charge in [-0.25, -0.2) is 8.78 Å². The first-order chi connectivity index (χ1) is 13.5. The van der Waals surface area contributed by atoms with Crippen LogP contribution in [0, 0.1) is 11.6 Å². The van der Waals surface area contributed by atoms with E-state index in [1.165, 1.54) is 24.3 Å². The Morgan fingerprint density at radius 2 is 1.79 bits per heavy atom. The lowest BCUT2D eigenvalue weighted by molar-refractivity contribution is -0.129. The van der Waals surface area contributed by atoms with Crippen molar-refractivity contribution in [2.45, 2.75) is 38.4 Å². The molecule has 148 valence electrons. The number of carbonyl (C=O) groups is 2. The molecule has 0 aromatic heterocycles. The van der Waals surface area contributed by atoms with E-state index in [4.69, 9.17) is 0 Å². The molecule has 2 unspecified atom stereocenters. The maximum absolute atomic E-state index is 13.9. The second kappa shape index (κ2) is 8.93. The molecule has 2 atom stereocenters. The molecule has 2 amide bonds. The quantitative estimate of drug-likeness (QED) is 0.801. The molecular weight excluding hydrogens is 364 g/mol. The number of rotatable bonds is 6. The van der Waals surface area contributed by atoms with Crippen LogP contribution in [0.2, 0.25) is 0 Å². The van der Waals surface area contributed by atoms with Gasteiger partial charge in [0.05, 0.1) is 11.7 Å². The lowest BCUT2D eigenvalue weighted by Crippen LogP contribution is -2.49. The van der Waals surface area contributed by atoms with Gasteiger partial charge < -0.3 is 10.6 Å². The fourth-order valence-corrected chi connectivity index (χ4v) is 3.34. The van der Waals surface area contributed by atoms with Crippen LogP contribution in [0.5, 0.6) is 0 Å². The molecule has 1 fully saturated rings. The first kappa shape index (κ1) is 19.9. The van der Waals surface area contributed by atoms with Crippen molar-refractivity contribution in [3.8, 4) is 0 Å². The van der Waals surface area contributed by atoms with Crippen molar-refractivity contribution in [2.75, 3.05) is 11.9 Å².